The molecule has 2 aromatic carbocycles. The van der Waals surface area contributed by atoms with E-state index in [9.17, 15) is 4.79 Å². The molecule has 5 nitrogen and oxygen atoms in total. The number of fused-ring (bicyclic) bond motifs is 1. The zero-order chi connectivity index (χ0) is 20.2. The third kappa shape index (κ3) is 4.43. The van der Waals surface area contributed by atoms with Crippen LogP contribution >= 0.6 is 11.3 Å². The summed E-state index contributed by atoms with van der Waals surface area (Å²) in [6.45, 7) is 2.46. The monoisotopic (exact) mass is 403 g/mol. The first-order chi connectivity index (χ1) is 14.1. The Kier molecular flexibility index (Phi) is 5.53. The minimum Gasteiger partial charge on any atom is -0.497 e. The maximum atomic E-state index is 13.3. The van der Waals surface area contributed by atoms with Crippen LogP contribution < -0.4 is 9.64 Å². The molecule has 1 amide bonds. The van der Waals surface area contributed by atoms with Crippen LogP contribution in [0.5, 0.6) is 5.75 Å². The highest BCUT2D eigenvalue weighted by Crippen LogP contribution is 2.32. The number of carbonyl (C=O) groups excluding carboxylic acids is 1. The van der Waals surface area contributed by atoms with Gasteiger partial charge in [-0.2, -0.15) is 0 Å². The predicted molar refractivity (Wildman–Crippen MR) is 116 cm³/mol. The number of ether oxygens (including phenoxy) is 1. The third-order valence-electron chi connectivity index (χ3n) is 4.62. The van der Waals surface area contributed by atoms with Crippen LogP contribution in [0.2, 0.25) is 0 Å². The summed E-state index contributed by atoms with van der Waals surface area (Å²) in [4.78, 5) is 23.9. The van der Waals surface area contributed by atoms with Crippen molar-refractivity contribution in [3.8, 4) is 5.75 Å². The maximum absolute atomic E-state index is 13.3. The molecule has 0 spiro atoms. The van der Waals surface area contributed by atoms with Gasteiger partial charge in [0, 0.05) is 12.4 Å². The molecule has 0 saturated carbocycles. The molecule has 0 fully saturated rings. The molecule has 6 heteroatoms. The Morgan fingerprint density at radius 1 is 1.10 bits per heavy atom. The van der Waals surface area contributed by atoms with Crippen LogP contribution in [0.15, 0.2) is 67.0 Å². The lowest BCUT2D eigenvalue weighted by Gasteiger charge is -2.20. The molecule has 0 N–H and O–H groups in total. The molecule has 0 saturated heterocycles. The first-order valence-electron chi connectivity index (χ1n) is 9.32. The van der Waals surface area contributed by atoms with Gasteiger partial charge >= 0.3 is 0 Å². The number of rotatable bonds is 6. The summed E-state index contributed by atoms with van der Waals surface area (Å²) in [6.07, 6.45) is 3.83. The molecule has 4 aromatic rings. The number of hydrogen-bond acceptors (Lipinski definition) is 5. The van der Waals surface area contributed by atoms with E-state index >= 15 is 0 Å². The highest BCUT2D eigenvalue weighted by Gasteiger charge is 2.21. The van der Waals surface area contributed by atoms with E-state index in [1.165, 1.54) is 11.3 Å². The van der Waals surface area contributed by atoms with E-state index in [1.54, 1.807) is 24.4 Å². The summed E-state index contributed by atoms with van der Waals surface area (Å²) in [7, 11) is 1.64. The van der Waals surface area contributed by atoms with Gasteiger partial charge < -0.3 is 4.74 Å². The van der Waals surface area contributed by atoms with Crippen LogP contribution in [-0.2, 0) is 17.8 Å². The first kappa shape index (κ1) is 19.1. The van der Waals surface area contributed by atoms with E-state index < -0.39 is 0 Å². The smallest absolute Gasteiger partial charge is 0.233 e. The van der Waals surface area contributed by atoms with Gasteiger partial charge in [0.1, 0.15) is 5.75 Å². The first-order valence-corrected chi connectivity index (χ1v) is 10.1. The molecule has 0 atom stereocenters. The Morgan fingerprint density at radius 2 is 1.97 bits per heavy atom. The Balaban J connectivity index is 1.68. The van der Waals surface area contributed by atoms with Crippen LogP contribution in [0.25, 0.3) is 10.2 Å². The second-order valence-electron chi connectivity index (χ2n) is 6.84. The summed E-state index contributed by atoms with van der Waals surface area (Å²) in [6, 6.07) is 17.6. The molecule has 0 radical (unpaired) electrons. The Bertz CT molecular complexity index is 1140. The molecule has 0 bridgehead atoms. The van der Waals surface area contributed by atoms with Crippen LogP contribution in [0.4, 0.5) is 5.13 Å². The average Bonchev–Trinajstić information content (AvgIpc) is 3.15. The lowest BCUT2D eigenvalue weighted by Crippen LogP contribution is -2.31. The summed E-state index contributed by atoms with van der Waals surface area (Å²) < 4.78 is 6.30. The van der Waals surface area contributed by atoms with Crippen molar-refractivity contribution in [2.45, 2.75) is 19.9 Å². The number of hydrogen-bond donors (Lipinski definition) is 0. The molecule has 2 heterocycles. The summed E-state index contributed by atoms with van der Waals surface area (Å²) in [5, 5.41) is 0.676. The number of carbonyl (C=O) groups is 1. The van der Waals surface area contributed by atoms with E-state index in [4.69, 9.17) is 9.72 Å². The fourth-order valence-corrected chi connectivity index (χ4v) is 4.17. The van der Waals surface area contributed by atoms with Crippen molar-refractivity contribution in [2.24, 2.45) is 0 Å². The van der Waals surface area contributed by atoms with Crippen molar-refractivity contribution in [3.05, 3.63) is 83.7 Å². The SMILES string of the molecule is COc1ccc2nc(N(Cc3cccnc3)C(=O)Cc3cccc(C)c3)sc2c1. The molecule has 29 heavy (non-hydrogen) atoms. The topological polar surface area (TPSA) is 55.3 Å². The maximum Gasteiger partial charge on any atom is 0.233 e. The average molecular weight is 404 g/mol. The number of anilines is 1. The standard InChI is InChI=1S/C23H21N3O2S/c1-16-5-3-6-17(11-16)12-22(27)26(15-18-7-4-10-24-14-18)23-25-20-9-8-19(28-2)13-21(20)29-23/h3-11,13-14H,12,15H2,1-2H3. The summed E-state index contributed by atoms with van der Waals surface area (Å²) >= 11 is 1.49. The lowest BCUT2D eigenvalue weighted by atomic mass is 10.1. The van der Waals surface area contributed by atoms with Gasteiger partial charge in [0.2, 0.25) is 5.91 Å². The molecule has 0 aliphatic heterocycles. The van der Waals surface area contributed by atoms with Gasteiger partial charge in [0.05, 0.1) is 30.3 Å². The van der Waals surface area contributed by atoms with Crippen molar-refractivity contribution < 1.29 is 9.53 Å². The van der Waals surface area contributed by atoms with Crippen molar-refractivity contribution >= 4 is 32.6 Å². The Morgan fingerprint density at radius 3 is 2.72 bits per heavy atom. The number of thiazole rings is 1. The molecule has 4 rings (SSSR count). The van der Waals surface area contributed by atoms with E-state index in [-0.39, 0.29) is 5.91 Å². The van der Waals surface area contributed by atoms with E-state index in [1.807, 2.05) is 61.5 Å². The van der Waals surface area contributed by atoms with Crippen LogP contribution in [0.3, 0.4) is 0 Å². The predicted octanol–water partition coefficient (Wildman–Crippen LogP) is 4.78. The molecule has 146 valence electrons. The summed E-state index contributed by atoms with van der Waals surface area (Å²) in [5.41, 5.74) is 3.95. The Labute approximate surface area is 173 Å². The van der Waals surface area contributed by atoms with Gasteiger partial charge in [-0.05, 0) is 42.3 Å². The van der Waals surface area contributed by atoms with Gasteiger partial charge in [-0.15, -0.1) is 0 Å². The van der Waals surface area contributed by atoms with Gasteiger partial charge in [0.25, 0.3) is 0 Å². The van der Waals surface area contributed by atoms with Crippen LogP contribution in [0, 0.1) is 6.92 Å². The van der Waals surface area contributed by atoms with Gasteiger partial charge in [-0.3, -0.25) is 14.7 Å². The summed E-state index contributed by atoms with van der Waals surface area (Å²) in [5.74, 6) is 0.781. The number of aromatic nitrogens is 2. The largest absolute Gasteiger partial charge is 0.497 e. The number of aryl methyl sites for hydroxylation is 1. The normalized spacial score (nSPS) is 10.8. The van der Waals surface area contributed by atoms with E-state index in [0.29, 0.717) is 18.1 Å². The van der Waals surface area contributed by atoms with Crippen LogP contribution in [-0.4, -0.2) is 23.0 Å². The van der Waals surface area contributed by atoms with Gasteiger partial charge in [-0.1, -0.05) is 47.2 Å². The van der Waals surface area contributed by atoms with E-state index in [2.05, 4.69) is 4.98 Å². The van der Waals surface area contributed by atoms with E-state index in [0.717, 1.165) is 32.7 Å². The van der Waals surface area contributed by atoms with Crippen molar-refractivity contribution in [1.82, 2.24) is 9.97 Å². The molecular weight excluding hydrogens is 382 g/mol. The second-order valence-corrected chi connectivity index (χ2v) is 7.85. The highest BCUT2D eigenvalue weighted by atomic mass is 32.1. The number of amides is 1. The second kappa shape index (κ2) is 8.41. The van der Waals surface area contributed by atoms with Crippen LogP contribution in [0.1, 0.15) is 16.7 Å². The molecular formula is C23H21N3O2S. The van der Waals surface area contributed by atoms with Crippen molar-refractivity contribution in [3.63, 3.8) is 0 Å². The lowest BCUT2D eigenvalue weighted by molar-refractivity contribution is -0.118. The highest BCUT2D eigenvalue weighted by molar-refractivity contribution is 7.22. The number of nitrogens with zero attached hydrogens (tertiary/aromatic N) is 3. The molecule has 0 unspecified atom stereocenters. The fourth-order valence-electron chi connectivity index (χ4n) is 3.16. The van der Waals surface area contributed by atoms with Crippen molar-refractivity contribution in [2.75, 3.05) is 12.0 Å². The molecule has 0 aliphatic rings. The number of methoxy groups -OCH3 is 1. The number of benzene rings is 2. The van der Waals surface area contributed by atoms with Crippen molar-refractivity contribution in [1.29, 1.82) is 0 Å². The fraction of sp³-hybridized carbons (Fsp3) is 0.174. The van der Waals surface area contributed by atoms with Gasteiger partial charge in [-0.25, -0.2) is 4.98 Å². The molecule has 0 aliphatic carbocycles. The Hall–Kier alpha value is -3.25. The minimum absolute atomic E-state index is 0.00507. The number of pyridine rings is 1. The zero-order valence-electron chi connectivity index (χ0n) is 16.3. The minimum atomic E-state index is 0.00507. The zero-order valence-corrected chi connectivity index (χ0v) is 17.1. The molecule has 2 aromatic heterocycles. The van der Waals surface area contributed by atoms with Gasteiger partial charge in [0.15, 0.2) is 5.13 Å². The third-order valence-corrected chi connectivity index (χ3v) is 5.66. The quantitative estimate of drug-likeness (QED) is 0.465.